The molecule has 2 heterocycles. The molecule has 0 bridgehead atoms. The third kappa shape index (κ3) is 4.90. The van der Waals surface area contributed by atoms with Crippen LogP contribution in [0, 0.1) is 13.8 Å². The number of nitrogens with zero attached hydrogens (tertiary/aromatic N) is 2. The summed E-state index contributed by atoms with van der Waals surface area (Å²) in [4.78, 5) is 25.4. The van der Waals surface area contributed by atoms with E-state index < -0.39 is 0 Å². The van der Waals surface area contributed by atoms with Crippen LogP contribution in [0.15, 0.2) is 66.0 Å². The maximum atomic E-state index is 12.7. The van der Waals surface area contributed by atoms with E-state index in [-0.39, 0.29) is 18.2 Å². The van der Waals surface area contributed by atoms with Crippen LogP contribution >= 0.6 is 22.9 Å². The molecule has 0 radical (unpaired) electrons. The minimum absolute atomic E-state index is 0.137. The molecule has 0 saturated carbocycles. The molecule has 0 saturated heterocycles. The largest absolute Gasteiger partial charge is 0.326 e. The lowest BCUT2D eigenvalue weighted by atomic mass is 10.1. The lowest BCUT2D eigenvalue weighted by Gasteiger charge is -2.08. The summed E-state index contributed by atoms with van der Waals surface area (Å²) in [6.07, 6.45) is 0.210. The Bertz CT molecular complexity index is 1250. The van der Waals surface area contributed by atoms with E-state index in [1.165, 1.54) is 11.3 Å². The number of thiophene rings is 1. The Morgan fingerprint density at radius 3 is 2.25 bits per heavy atom. The minimum atomic E-state index is -0.152. The van der Waals surface area contributed by atoms with Gasteiger partial charge in [0, 0.05) is 27.7 Å². The first kappa shape index (κ1) is 21.8. The molecule has 0 aliphatic heterocycles. The van der Waals surface area contributed by atoms with Crippen molar-refractivity contribution in [2.75, 3.05) is 10.6 Å². The molecule has 32 heavy (non-hydrogen) atoms. The van der Waals surface area contributed by atoms with Gasteiger partial charge in [0.05, 0.1) is 22.7 Å². The average Bonchev–Trinajstić information content (AvgIpc) is 3.41. The maximum absolute atomic E-state index is 12.7. The average molecular weight is 465 g/mol. The number of benzene rings is 2. The maximum Gasteiger partial charge on any atom is 0.265 e. The molecular weight excluding hydrogens is 444 g/mol. The van der Waals surface area contributed by atoms with Crippen molar-refractivity contribution in [1.82, 2.24) is 9.78 Å². The number of carbonyl (C=O) groups excluding carboxylic acids is 2. The van der Waals surface area contributed by atoms with E-state index >= 15 is 0 Å². The van der Waals surface area contributed by atoms with E-state index in [0.717, 1.165) is 22.6 Å². The van der Waals surface area contributed by atoms with Crippen LogP contribution in [0.25, 0.3) is 5.69 Å². The first-order valence-corrected chi connectivity index (χ1v) is 11.2. The molecule has 2 N–H and O–H groups in total. The number of rotatable bonds is 6. The molecule has 2 amide bonds. The highest BCUT2D eigenvalue weighted by Crippen LogP contribution is 2.21. The molecule has 162 valence electrons. The molecule has 8 heteroatoms. The van der Waals surface area contributed by atoms with Gasteiger partial charge in [-0.25, -0.2) is 4.68 Å². The lowest BCUT2D eigenvalue weighted by Crippen LogP contribution is -2.15. The molecule has 2 aromatic heterocycles. The summed E-state index contributed by atoms with van der Waals surface area (Å²) in [7, 11) is 0. The summed E-state index contributed by atoms with van der Waals surface area (Å²) < 4.78 is 1.82. The first-order valence-electron chi connectivity index (χ1n) is 9.96. The highest BCUT2D eigenvalue weighted by Gasteiger charge is 2.16. The molecule has 0 unspecified atom stereocenters. The van der Waals surface area contributed by atoms with E-state index in [0.29, 0.717) is 21.3 Å². The van der Waals surface area contributed by atoms with E-state index in [2.05, 4.69) is 15.7 Å². The van der Waals surface area contributed by atoms with Crippen molar-refractivity contribution in [2.45, 2.75) is 20.3 Å². The molecular formula is C24H21ClN4O2S. The minimum Gasteiger partial charge on any atom is -0.326 e. The van der Waals surface area contributed by atoms with Gasteiger partial charge in [0.15, 0.2) is 0 Å². The van der Waals surface area contributed by atoms with E-state index in [4.69, 9.17) is 11.6 Å². The van der Waals surface area contributed by atoms with Crippen molar-refractivity contribution >= 4 is 46.1 Å². The predicted molar refractivity (Wildman–Crippen MR) is 129 cm³/mol. The lowest BCUT2D eigenvalue weighted by molar-refractivity contribution is -0.115. The second-order valence-corrected chi connectivity index (χ2v) is 8.66. The summed E-state index contributed by atoms with van der Waals surface area (Å²) in [5.41, 5.74) is 4.81. The van der Waals surface area contributed by atoms with Crippen LogP contribution < -0.4 is 10.6 Å². The quantitative estimate of drug-likeness (QED) is 0.388. The van der Waals surface area contributed by atoms with Crippen molar-refractivity contribution in [1.29, 1.82) is 0 Å². The molecule has 0 aliphatic rings. The topological polar surface area (TPSA) is 76.0 Å². The van der Waals surface area contributed by atoms with Gasteiger partial charge in [-0.05, 0) is 73.8 Å². The Morgan fingerprint density at radius 1 is 0.969 bits per heavy atom. The fraction of sp³-hybridized carbons (Fsp3) is 0.125. The van der Waals surface area contributed by atoms with Crippen LogP contribution in [0.1, 0.15) is 26.6 Å². The third-order valence-electron chi connectivity index (χ3n) is 5.02. The van der Waals surface area contributed by atoms with Gasteiger partial charge >= 0.3 is 0 Å². The number of amides is 2. The first-order chi connectivity index (χ1) is 15.4. The number of hydrogen-bond donors (Lipinski definition) is 2. The Kier molecular flexibility index (Phi) is 6.39. The number of aryl methyl sites for hydroxylation is 1. The number of halogens is 1. The zero-order valence-corrected chi connectivity index (χ0v) is 19.1. The summed E-state index contributed by atoms with van der Waals surface area (Å²) >= 11 is 7.36. The molecule has 4 aromatic rings. The number of carbonyl (C=O) groups is 2. The van der Waals surface area contributed by atoms with Gasteiger partial charge in [-0.15, -0.1) is 11.3 Å². The Hall–Kier alpha value is -3.42. The van der Waals surface area contributed by atoms with Gasteiger partial charge in [0.2, 0.25) is 5.91 Å². The Labute approximate surface area is 194 Å². The highest BCUT2D eigenvalue weighted by atomic mass is 35.5. The summed E-state index contributed by atoms with van der Waals surface area (Å²) in [6, 6.07) is 18.1. The molecule has 0 aliphatic carbocycles. The number of anilines is 2. The van der Waals surface area contributed by atoms with Crippen molar-refractivity contribution < 1.29 is 9.59 Å². The van der Waals surface area contributed by atoms with Gasteiger partial charge in [-0.2, -0.15) is 5.10 Å². The summed E-state index contributed by atoms with van der Waals surface area (Å²) in [6.45, 7) is 3.84. The fourth-order valence-electron chi connectivity index (χ4n) is 3.37. The fourth-order valence-corrected chi connectivity index (χ4v) is 4.11. The highest BCUT2D eigenvalue weighted by molar-refractivity contribution is 7.12. The second kappa shape index (κ2) is 9.38. The van der Waals surface area contributed by atoms with Crippen molar-refractivity contribution in [3.05, 3.63) is 92.9 Å². The van der Waals surface area contributed by atoms with Gasteiger partial charge in [-0.1, -0.05) is 17.7 Å². The van der Waals surface area contributed by atoms with Gasteiger partial charge in [-0.3, -0.25) is 9.59 Å². The van der Waals surface area contributed by atoms with Crippen LogP contribution in [0.5, 0.6) is 0 Å². The molecule has 4 rings (SSSR count). The van der Waals surface area contributed by atoms with E-state index in [1.807, 2.05) is 54.2 Å². The number of nitrogens with one attached hydrogen (secondary N) is 2. The van der Waals surface area contributed by atoms with Crippen molar-refractivity contribution in [2.24, 2.45) is 0 Å². The molecule has 6 nitrogen and oxygen atoms in total. The van der Waals surface area contributed by atoms with Gasteiger partial charge in [0.1, 0.15) is 0 Å². The zero-order chi connectivity index (χ0) is 22.7. The van der Waals surface area contributed by atoms with Crippen LogP contribution in [0.3, 0.4) is 0 Å². The Balaban J connectivity index is 1.40. The summed E-state index contributed by atoms with van der Waals surface area (Å²) in [5, 5.41) is 12.8. The van der Waals surface area contributed by atoms with E-state index in [1.54, 1.807) is 30.3 Å². The van der Waals surface area contributed by atoms with Crippen molar-refractivity contribution in [3.63, 3.8) is 0 Å². The molecule has 2 aromatic carbocycles. The number of aromatic nitrogens is 2. The van der Waals surface area contributed by atoms with Crippen LogP contribution in [0.4, 0.5) is 11.4 Å². The standard InChI is InChI=1S/C24H21ClN4O2S/c1-15-21(16(2)29(28-15)20-11-5-17(25)6-12-20)14-23(30)26-18-7-9-19(10-8-18)27-24(31)22-4-3-13-32-22/h3-13H,14H2,1-2H3,(H,26,30)(H,27,31). The van der Waals surface area contributed by atoms with Crippen LogP contribution in [0.2, 0.25) is 5.02 Å². The molecule has 0 fully saturated rings. The summed E-state index contributed by atoms with van der Waals surface area (Å²) in [5.74, 6) is -0.289. The van der Waals surface area contributed by atoms with Crippen molar-refractivity contribution in [3.8, 4) is 5.69 Å². The van der Waals surface area contributed by atoms with E-state index in [9.17, 15) is 9.59 Å². The smallest absolute Gasteiger partial charge is 0.265 e. The molecule has 0 spiro atoms. The van der Waals surface area contributed by atoms with Crippen LogP contribution in [-0.2, 0) is 11.2 Å². The molecule has 0 atom stereocenters. The Morgan fingerprint density at radius 2 is 1.62 bits per heavy atom. The zero-order valence-electron chi connectivity index (χ0n) is 17.6. The monoisotopic (exact) mass is 464 g/mol. The van der Waals surface area contributed by atoms with Crippen LogP contribution in [-0.4, -0.2) is 21.6 Å². The second-order valence-electron chi connectivity index (χ2n) is 7.27. The number of hydrogen-bond acceptors (Lipinski definition) is 4. The normalized spacial score (nSPS) is 10.7. The van der Waals surface area contributed by atoms with Gasteiger partial charge in [0.25, 0.3) is 5.91 Å². The predicted octanol–water partition coefficient (Wildman–Crippen LogP) is 5.64. The third-order valence-corrected chi connectivity index (χ3v) is 6.14. The SMILES string of the molecule is Cc1nn(-c2ccc(Cl)cc2)c(C)c1CC(=O)Nc1ccc(NC(=O)c2cccs2)cc1. The van der Waals surface area contributed by atoms with Gasteiger partial charge < -0.3 is 10.6 Å².